The molecule has 2 saturated carbocycles. The normalized spacial score (nSPS) is 23.1. The highest BCUT2D eigenvalue weighted by Crippen LogP contribution is 2.50. The highest BCUT2D eigenvalue weighted by Gasteiger charge is 2.44. The van der Waals surface area contributed by atoms with E-state index >= 15 is 0 Å². The largest absolute Gasteiger partial charge is 0.300 e. The summed E-state index contributed by atoms with van der Waals surface area (Å²) in [5, 5.41) is 8.76. The second kappa shape index (κ2) is 3.39. The predicted molar refractivity (Wildman–Crippen MR) is 62.5 cm³/mol. The van der Waals surface area contributed by atoms with Crippen LogP contribution in [0.1, 0.15) is 37.4 Å². The van der Waals surface area contributed by atoms with E-state index in [0.717, 1.165) is 12.4 Å². The van der Waals surface area contributed by atoms with E-state index in [-0.39, 0.29) is 0 Å². The van der Waals surface area contributed by atoms with Crippen molar-refractivity contribution >= 4 is 23.4 Å². The van der Waals surface area contributed by atoms with Crippen LogP contribution in [-0.2, 0) is 6.54 Å². The van der Waals surface area contributed by atoms with Gasteiger partial charge in [-0.25, -0.2) is 0 Å². The molecule has 0 aromatic carbocycles. The molecule has 1 aromatic heterocycles. The van der Waals surface area contributed by atoms with Gasteiger partial charge in [-0.2, -0.15) is 11.8 Å². The van der Waals surface area contributed by atoms with Crippen LogP contribution in [0.2, 0.25) is 5.28 Å². The summed E-state index contributed by atoms with van der Waals surface area (Å²) in [4.78, 5) is 0. The number of rotatable bonds is 4. The Morgan fingerprint density at radius 1 is 1.47 bits per heavy atom. The molecule has 3 nitrogen and oxygen atoms in total. The third-order valence-corrected chi connectivity index (χ3v) is 5.05. The van der Waals surface area contributed by atoms with Crippen molar-refractivity contribution < 1.29 is 0 Å². The number of aromatic nitrogens is 3. The fourth-order valence-corrected chi connectivity index (χ4v) is 2.89. The quantitative estimate of drug-likeness (QED) is 0.815. The van der Waals surface area contributed by atoms with Crippen LogP contribution in [0.15, 0.2) is 0 Å². The number of halogens is 1. The van der Waals surface area contributed by atoms with E-state index in [1.54, 1.807) is 0 Å². The van der Waals surface area contributed by atoms with Crippen molar-refractivity contribution in [2.45, 2.75) is 42.9 Å². The van der Waals surface area contributed by atoms with Crippen LogP contribution in [0.3, 0.4) is 0 Å². The van der Waals surface area contributed by atoms with Gasteiger partial charge in [0, 0.05) is 17.2 Å². The molecule has 0 atom stereocenters. The molecule has 0 radical (unpaired) electrons. The van der Waals surface area contributed by atoms with E-state index < -0.39 is 0 Å². The topological polar surface area (TPSA) is 30.7 Å². The Morgan fingerprint density at radius 3 is 2.73 bits per heavy atom. The van der Waals surface area contributed by atoms with Gasteiger partial charge < -0.3 is 4.57 Å². The SMILES string of the molecule is CSC1(Cn2c(Cl)nnc2C2CC2)CC1. The molecular formula is C10H14ClN3S. The van der Waals surface area contributed by atoms with E-state index in [0.29, 0.717) is 15.9 Å². The molecule has 15 heavy (non-hydrogen) atoms. The van der Waals surface area contributed by atoms with E-state index in [2.05, 4.69) is 21.0 Å². The predicted octanol–water partition coefficient (Wildman–Crippen LogP) is 2.70. The Balaban J connectivity index is 1.86. The van der Waals surface area contributed by atoms with Gasteiger partial charge in [0.05, 0.1) is 0 Å². The fourth-order valence-electron chi connectivity index (χ4n) is 1.94. The molecule has 3 rings (SSSR count). The molecular weight excluding hydrogens is 230 g/mol. The molecule has 1 heterocycles. The van der Waals surface area contributed by atoms with Crippen molar-refractivity contribution in [3.05, 3.63) is 11.1 Å². The van der Waals surface area contributed by atoms with E-state index in [9.17, 15) is 0 Å². The number of hydrogen-bond donors (Lipinski definition) is 0. The summed E-state index contributed by atoms with van der Waals surface area (Å²) < 4.78 is 2.55. The molecule has 0 aliphatic heterocycles. The maximum Gasteiger partial charge on any atom is 0.225 e. The van der Waals surface area contributed by atoms with Gasteiger partial charge in [-0.1, -0.05) is 0 Å². The van der Waals surface area contributed by atoms with E-state index in [1.807, 2.05) is 11.8 Å². The maximum absolute atomic E-state index is 6.09. The van der Waals surface area contributed by atoms with Gasteiger partial charge in [0.15, 0.2) is 0 Å². The first-order valence-electron chi connectivity index (χ1n) is 5.38. The molecule has 1 aromatic rings. The molecule has 5 heteroatoms. The Kier molecular flexibility index (Phi) is 2.25. The first kappa shape index (κ1) is 9.97. The van der Waals surface area contributed by atoms with Gasteiger partial charge in [-0.15, -0.1) is 10.2 Å². The molecule has 2 fully saturated rings. The van der Waals surface area contributed by atoms with Crippen molar-refractivity contribution in [2.24, 2.45) is 0 Å². The minimum atomic E-state index is 0.426. The molecule has 0 spiro atoms. The summed E-state index contributed by atoms with van der Waals surface area (Å²) in [6.07, 6.45) is 7.28. The van der Waals surface area contributed by atoms with Gasteiger partial charge in [0.2, 0.25) is 5.28 Å². The summed E-state index contributed by atoms with van der Waals surface area (Å²) in [5.74, 6) is 1.74. The van der Waals surface area contributed by atoms with Gasteiger partial charge in [0.25, 0.3) is 0 Å². The average Bonchev–Trinajstić information content (AvgIpc) is 3.12. The zero-order valence-corrected chi connectivity index (χ0v) is 10.3. The summed E-state index contributed by atoms with van der Waals surface area (Å²) >= 11 is 8.04. The first-order chi connectivity index (χ1) is 7.24. The van der Waals surface area contributed by atoms with Gasteiger partial charge in [-0.05, 0) is 43.5 Å². The Hall–Kier alpha value is -0.220. The van der Waals surface area contributed by atoms with Crippen molar-refractivity contribution in [1.29, 1.82) is 0 Å². The van der Waals surface area contributed by atoms with E-state index in [1.165, 1.54) is 25.7 Å². The van der Waals surface area contributed by atoms with Crippen LogP contribution in [0, 0.1) is 0 Å². The molecule has 0 saturated heterocycles. The lowest BCUT2D eigenvalue weighted by atomic mass is 10.3. The van der Waals surface area contributed by atoms with Crippen LogP contribution in [0.4, 0.5) is 0 Å². The van der Waals surface area contributed by atoms with Crippen LogP contribution in [0.25, 0.3) is 0 Å². The van der Waals surface area contributed by atoms with Crippen LogP contribution in [0.5, 0.6) is 0 Å². The number of hydrogen-bond acceptors (Lipinski definition) is 3. The summed E-state index contributed by atoms with van der Waals surface area (Å²) in [6.45, 7) is 0.992. The Bertz CT molecular complexity index is 382. The van der Waals surface area contributed by atoms with Gasteiger partial charge in [-0.3, -0.25) is 0 Å². The summed E-state index contributed by atoms with van der Waals surface area (Å²) in [5.41, 5.74) is 0. The minimum absolute atomic E-state index is 0.426. The zero-order chi connectivity index (χ0) is 10.5. The standard InChI is InChI=1S/C10H14ClN3S/c1-15-10(4-5-10)6-14-8(7-2-3-7)12-13-9(14)11/h7H,2-6H2,1H3. The Morgan fingerprint density at radius 2 is 2.20 bits per heavy atom. The molecule has 0 amide bonds. The number of thioether (sulfide) groups is 1. The molecule has 0 bridgehead atoms. The van der Waals surface area contributed by atoms with E-state index in [4.69, 9.17) is 11.6 Å². The fraction of sp³-hybridized carbons (Fsp3) is 0.800. The van der Waals surface area contributed by atoms with Crippen molar-refractivity contribution in [3.63, 3.8) is 0 Å². The average molecular weight is 244 g/mol. The second-order valence-electron chi connectivity index (χ2n) is 4.57. The second-order valence-corrected chi connectivity index (χ2v) is 6.19. The highest BCUT2D eigenvalue weighted by molar-refractivity contribution is 8.00. The van der Waals surface area contributed by atoms with Crippen LogP contribution < -0.4 is 0 Å². The van der Waals surface area contributed by atoms with Crippen molar-refractivity contribution in [1.82, 2.24) is 14.8 Å². The molecule has 2 aliphatic carbocycles. The zero-order valence-electron chi connectivity index (χ0n) is 8.74. The monoisotopic (exact) mass is 243 g/mol. The van der Waals surface area contributed by atoms with Gasteiger partial charge >= 0.3 is 0 Å². The molecule has 2 aliphatic rings. The van der Waals surface area contributed by atoms with Crippen molar-refractivity contribution in [3.8, 4) is 0 Å². The third kappa shape index (κ3) is 1.78. The lowest BCUT2D eigenvalue weighted by Crippen LogP contribution is -2.16. The third-order valence-electron chi connectivity index (χ3n) is 3.36. The van der Waals surface area contributed by atoms with Crippen LogP contribution in [-0.4, -0.2) is 25.8 Å². The molecule has 0 unspecified atom stereocenters. The maximum atomic E-state index is 6.09. The Labute approximate surface area is 98.6 Å². The number of nitrogens with zero attached hydrogens (tertiary/aromatic N) is 3. The first-order valence-corrected chi connectivity index (χ1v) is 6.98. The lowest BCUT2D eigenvalue weighted by molar-refractivity contribution is 0.625. The highest BCUT2D eigenvalue weighted by atomic mass is 35.5. The summed E-state index contributed by atoms with van der Waals surface area (Å²) in [7, 11) is 0. The van der Waals surface area contributed by atoms with Crippen LogP contribution >= 0.6 is 23.4 Å². The summed E-state index contributed by atoms with van der Waals surface area (Å²) in [6, 6.07) is 0. The van der Waals surface area contributed by atoms with Crippen molar-refractivity contribution in [2.75, 3.05) is 6.26 Å². The smallest absolute Gasteiger partial charge is 0.225 e. The molecule has 0 N–H and O–H groups in total. The van der Waals surface area contributed by atoms with Gasteiger partial charge in [0.1, 0.15) is 5.82 Å². The minimum Gasteiger partial charge on any atom is -0.300 e. The lowest BCUT2D eigenvalue weighted by Gasteiger charge is -2.14. The molecule has 82 valence electrons.